The molecule has 0 radical (unpaired) electrons. The van der Waals surface area contributed by atoms with Crippen molar-refractivity contribution in [2.45, 2.75) is 13.5 Å². The van der Waals surface area contributed by atoms with Gasteiger partial charge in [-0.15, -0.1) is 5.10 Å². The van der Waals surface area contributed by atoms with Crippen LogP contribution in [-0.4, -0.2) is 44.9 Å². The number of H-pyrrole nitrogens is 1. The minimum Gasteiger partial charge on any atom is -0.496 e. The van der Waals surface area contributed by atoms with Crippen LogP contribution in [-0.2, 0) is 11.3 Å². The molecule has 0 atom stereocenters. The van der Waals surface area contributed by atoms with Gasteiger partial charge in [-0.1, -0.05) is 0 Å². The van der Waals surface area contributed by atoms with Crippen molar-refractivity contribution < 1.29 is 14.3 Å². The Labute approximate surface area is 138 Å². The van der Waals surface area contributed by atoms with Gasteiger partial charge in [-0.3, -0.25) is 4.68 Å². The van der Waals surface area contributed by atoms with Crippen LogP contribution in [0.25, 0.3) is 11.3 Å². The molecule has 0 amide bonds. The Kier molecular flexibility index (Phi) is 4.55. The number of nitrogens with zero attached hydrogens (tertiary/aromatic N) is 4. The number of aromatic nitrogens is 5. The van der Waals surface area contributed by atoms with Crippen LogP contribution in [0.4, 0.5) is 0 Å². The molecule has 24 heavy (non-hydrogen) atoms. The van der Waals surface area contributed by atoms with Crippen molar-refractivity contribution in [3.8, 4) is 17.0 Å². The molecule has 124 valence electrons. The summed E-state index contributed by atoms with van der Waals surface area (Å²) in [6.07, 6.45) is 3.58. The van der Waals surface area contributed by atoms with Crippen molar-refractivity contribution in [2.24, 2.45) is 0 Å². The Morgan fingerprint density at radius 1 is 1.33 bits per heavy atom. The molecule has 8 heteroatoms. The van der Waals surface area contributed by atoms with E-state index in [1.807, 2.05) is 30.5 Å². The molecule has 0 unspecified atom stereocenters. The van der Waals surface area contributed by atoms with E-state index in [1.54, 1.807) is 24.9 Å². The Morgan fingerprint density at radius 2 is 2.21 bits per heavy atom. The maximum absolute atomic E-state index is 12.0. The van der Waals surface area contributed by atoms with Crippen molar-refractivity contribution in [3.63, 3.8) is 0 Å². The molecule has 0 aliphatic rings. The van der Waals surface area contributed by atoms with Crippen LogP contribution in [0.3, 0.4) is 0 Å². The molecule has 0 saturated carbocycles. The van der Waals surface area contributed by atoms with E-state index in [2.05, 4.69) is 20.5 Å². The molecule has 2 aromatic heterocycles. The topological polar surface area (TPSA) is 94.9 Å². The van der Waals surface area contributed by atoms with E-state index >= 15 is 0 Å². The predicted molar refractivity (Wildman–Crippen MR) is 85.7 cm³/mol. The molecule has 1 N–H and O–H groups in total. The van der Waals surface area contributed by atoms with Gasteiger partial charge in [-0.05, 0) is 31.2 Å². The van der Waals surface area contributed by atoms with Gasteiger partial charge >= 0.3 is 5.97 Å². The summed E-state index contributed by atoms with van der Waals surface area (Å²) < 4.78 is 12.2. The number of ether oxygens (including phenoxy) is 2. The number of benzene rings is 1. The standard InChI is InChI=1S/C16H17N5O3/c1-3-24-16(22)15-14(18-20-19-15)11-5-6-13(23-2)12(9-11)10-21-8-4-7-17-21/h4-9H,3,10H2,1-2H3,(H,18,19,20). The summed E-state index contributed by atoms with van der Waals surface area (Å²) in [5, 5.41) is 14.7. The van der Waals surface area contributed by atoms with Crippen LogP contribution in [0.1, 0.15) is 23.0 Å². The zero-order valence-corrected chi connectivity index (χ0v) is 13.4. The SMILES string of the molecule is CCOC(=O)c1n[nH]nc1-c1ccc(OC)c(Cn2cccn2)c1. The van der Waals surface area contributed by atoms with E-state index in [0.29, 0.717) is 12.2 Å². The quantitative estimate of drug-likeness (QED) is 0.695. The fourth-order valence-electron chi connectivity index (χ4n) is 2.39. The molecular weight excluding hydrogens is 310 g/mol. The van der Waals surface area contributed by atoms with Crippen molar-refractivity contribution in [1.29, 1.82) is 0 Å². The number of carbonyl (C=O) groups excluding carboxylic acids is 1. The number of carbonyl (C=O) groups is 1. The van der Waals surface area contributed by atoms with Gasteiger partial charge in [0.1, 0.15) is 11.4 Å². The lowest BCUT2D eigenvalue weighted by Gasteiger charge is -2.10. The first-order valence-electron chi connectivity index (χ1n) is 7.45. The molecule has 3 aromatic rings. The second-order valence-electron chi connectivity index (χ2n) is 4.97. The summed E-state index contributed by atoms with van der Waals surface area (Å²) in [7, 11) is 1.61. The molecule has 1 aromatic carbocycles. The van der Waals surface area contributed by atoms with Gasteiger partial charge in [0.25, 0.3) is 0 Å². The molecule has 0 aliphatic carbocycles. The first-order valence-corrected chi connectivity index (χ1v) is 7.45. The van der Waals surface area contributed by atoms with E-state index < -0.39 is 5.97 Å². The number of hydrogen-bond donors (Lipinski definition) is 1. The van der Waals surface area contributed by atoms with Gasteiger partial charge in [0.05, 0.1) is 20.3 Å². The number of rotatable bonds is 6. The predicted octanol–water partition coefficient (Wildman–Crippen LogP) is 1.90. The van der Waals surface area contributed by atoms with Crippen molar-refractivity contribution >= 4 is 5.97 Å². The minimum absolute atomic E-state index is 0.159. The van der Waals surface area contributed by atoms with E-state index in [9.17, 15) is 4.79 Å². The molecule has 0 bridgehead atoms. The number of hydrogen-bond acceptors (Lipinski definition) is 6. The van der Waals surface area contributed by atoms with Gasteiger partial charge in [-0.2, -0.15) is 15.4 Å². The molecule has 0 aliphatic heterocycles. The van der Waals surface area contributed by atoms with Crippen LogP contribution < -0.4 is 4.74 Å². The van der Waals surface area contributed by atoms with E-state index in [0.717, 1.165) is 16.9 Å². The molecule has 8 nitrogen and oxygen atoms in total. The number of esters is 1. The molecular formula is C16H17N5O3. The van der Waals surface area contributed by atoms with Crippen LogP contribution in [0.2, 0.25) is 0 Å². The summed E-state index contributed by atoms with van der Waals surface area (Å²) in [4.78, 5) is 12.0. The second-order valence-corrected chi connectivity index (χ2v) is 4.97. The molecule has 2 heterocycles. The highest BCUT2D eigenvalue weighted by Crippen LogP contribution is 2.27. The minimum atomic E-state index is -0.509. The van der Waals surface area contributed by atoms with Crippen LogP contribution in [0, 0.1) is 0 Å². The third-order valence-corrected chi connectivity index (χ3v) is 3.46. The van der Waals surface area contributed by atoms with E-state index in [4.69, 9.17) is 9.47 Å². The van der Waals surface area contributed by atoms with Gasteiger partial charge in [0, 0.05) is 23.5 Å². The number of nitrogens with one attached hydrogen (secondary N) is 1. The first-order chi connectivity index (χ1) is 11.7. The average molecular weight is 327 g/mol. The van der Waals surface area contributed by atoms with Crippen molar-refractivity contribution in [2.75, 3.05) is 13.7 Å². The third-order valence-electron chi connectivity index (χ3n) is 3.46. The molecule has 0 saturated heterocycles. The largest absolute Gasteiger partial charge is 0.496 e. The Balaban J connectivity index is 1.98. The van der Waals surface area contributed by atoms with Gasteiger partial charge in [0.15, 0.2) is 5.69 Å². The maximum atomic E-state index is 12.0. The monoisotopic (exact) mass is 327 g/mol. The Hall–Kier alpha value is -3.16. The maximum Gasteiger partial charge on any atom is 0.361 e. The van der Waals surface area contributed by atoms with E-state index in [1.165, 1.54) is 0 Å². The van der Waals surface area contributed by atoms with Gasteiger partial charge in [0.2, 0.25) is 0 Å². The summed E-state index contributed by atoms with van der Waals surface area (Å²) in [5.41, 5.74) is 2.26. The molecule has 0 spiro atoms. The highest BCUT2D eigenvalue weighted by Gasteiger charge is 2.20. The number of aromatic amines is 1. The summed E-state index contributed by atoms with van der Waals surface area (Å²) in [6, 6.07) is 7.41. The normalized spacial score (nSPS) is 10.6. The summed E-state index contributed by atoms with van der Waals surface area (Å²) >= 11 is 0. The third kappa shape index (κ3) is 3.12. The van der Waals surface area contributed by atoms with E-state index in [-0.39, 0.29) is 12.3 Å². The van der Waals surface area contributed by atoms with Crippen LogP contribution in [0.5, 0.6) is 5.75 Å². The Bertz CT molecular complexity index is 826. The van der Waals surface area contributed by atoms with Crippen molar-refractivity contribution in [3.05, 3.63) is 47.9 Å². The van der Waals surface area contributed by atoms with Crippen molar-refractivity contribution in [1.82, 2.24) is 25.2 Å². The van der Waals surface area contributed by atoms with Crippen LogP contribution in [0.15, 0.2) is 36.7 Å². The zero-order chi connectivity index (χ0) is 16.9. The lowest BCUT2D eigenvalue weighted by Crippen LogP contribution is -2.07. The summed E-state index contributed by atoms with van der Waals surface area (Å²) in [5.74, 6) is 0.223. The Morgan fingerprint density at radius 3 is 2.92 bits per heavy atom. The first kappa shape index (κ1) is 15.7. The van der Waals surface area contributed by atoms with Gasteiger partial charge in [-0.25, -0.2) is 4.79 Å². The highest BCUT2D eigenvalue weighted by atomic mass is 16.5. The smallest absolute Gasteiger partial charge is 0.361 e. The van der Waals surface area contributed by atoms with Crippen LogP contribution >= 0.6 is 0 Å². The fourth-order valence-corrected chi connectivity index (χ4v) is 2.39. The lowest BCUT2D eigenvalue weighted by molar-refractivity contribution is 0.0520. The lowest BCUT2D eigenvalue weighted by atomic mass is 10.1. The second kappa shape index (κ2) is 6.95. The zero-order valence-electron chi connectivity index (χ0n) is 13.4. The highest BCUT2D eigenvalue weighted by molar-refractivity contribution is 5.94. The summed E-state index contributed by atoms with van der Waals surface area (Å²) in [6.45, 7) is 2.56. The fraction of sp³-hybridized carbons (Fsp3) is 0.250. The number of methoxy groups -OCH3 is 1. The van der Waals surface area contributed by atoms with Gasteiger partial charge < -0.3 is 9.47 Å². The molecule has 3 rings (SSSR count). The molecule has 0 fully saturated rings. The average Bonchev–Trinajstić information content (AvgIpc) is 3.26.